The summed E-state index contributed by atoms with van der Waals surface area (Å²) in [6, 6.07) is 26.3. The van der Waals surface area contributed by atoms with Gasteiger partial charge >= 0.3 is 5.69 Å². The molecule has 0 spiro atoms. The standard InChI is InChI=1S/C27H24N2O5/c1-19-27(29(31)32)26(34-28-19)17-23(16-25(30)22-10-6-3-7-11-22)21-12-14-24(15-13-21)33-18-20-8-4-2-5-9-20/h2-15,23H,16-18H2,1H3/t23-/m0/s1. The topological polar surface area (TPSA) is 95.5 Å². The van der Waals surface area contributed by atoms with Crippen molar-refractivity contribution in [3.63, 3.8) is 0 Å². The lowest BCUT2D eigenvalue weighted by molar-refractivity contribution is -0.386. The fraction of sp³-hybridized carbons (Fsp3) is 0.185. The van der Waals surface area contributed by atoms with Gasteiger partial charge in [-0.3, -0.25) is 14.9 Å². The molecule has 0 radical (unpaired) electrons. The van der Waals surface area contributed by atoms with Gasteiger partial charge in [0.05, 0.1) is 4.92 Å². The first-order valence-corrected chi connectivity index (χ1v) is 11.0. The molecule has 0 unspecified atom stereocenters. The van der Waals surface area contributed by atoms with Crippen molar-refractivity contribution in [3.05, 3.63) is 123 Å². The summed E-state index contributed by atoms with van der Waals surface area (Å²) in [5.41, 5.74) is 2.60. The second kappa shape index (κ2) is 10.6. The summed E-state index contributed by atoms with van der Waals surface area (Å²) in [4.78, 5) is 24.0. The number of aromatic nitrogens is 1. The van der Waals surface area contributed by atoms with Gasteiger partial charge in [0, 0.05) is 18.4 Å². The Bertz CT molecular complexity index is 1250. The summed E-state index contributed by atoms with van der Waals surface area (Å²) in [5.74, 6) is 0.482. The Morgan fingerprint density at radius 3 is 2.29 bits per heavy atom. The van der Waals surface area contributed by atoms with E-state index >= 15 is 0 Å². The van der Waals surface area contributed by atoms with Crippen molar-refractivity contribution >= 4 is 11.5 Å². The lowest BCUT2D eigenvalue weighted by atomic mass is 9.88. The van der Waals surface area contributed by atoms with Crippen LogP contribution >= 0.6 is 0 Å². The Morgan fingerprint density at radius 1 is 1.00 bits per heavy atom. The van der Waals surface area contributed by atoms with E-state index in [0.717, 1.165) is 11.1 Å². The third-order valence-electron chi connectivity index (χ3n) is 5.64. The molecule has 1 aromatic heterocycles. The van der Waals surface area contributed by atoms with Crippen LogP contribution in [0.4, 0.5) is 5.69 Å². The van der Waals surface area contributed by atoms with E-state index in [4.69, 9.17) is 9.26 Å². The Balaban J connectivity index is 1.55. The van der Waals surface area contributed by atoms with Gasteiger partial charge in [-0.25, -0.2) is 0 Å². The van der Waals surface area contributed by atoms with Gasteiger partial charge in [-0.15, -0.1) is 0 Å². The van der Waals surface area contributed by atoms with Crippen LogP contribution in [0.25, 0.3) is 0 Å². The Hall–Kier alpha value is -4.26. The molecule has 0 amide bonds. The maximum Gasteiger partial charge on any atom is 0.334 e. The minimum absolute atomic E-state index is 0.0473. The van der Waals surface area contributed by atoms with Gasteiger partial charge in [0.15, 0.2) is 11.5 Å². The van der Waals surface area contributed by atoms with E-state index in [1.165, 1.54) is 6.92 Å². The molecule has 0 bridgehead atoms. The number of rotatable bonds is 10. The van der Waals surface area contributed by atoms with E-state index in [1.54, 1.807) is 12.1 Å². The van der Waals surface area contributed by atoms with Crippen LogP contribution in [0, 0.1) is 17.0 Å². The van der Waals surface area contributed by atoms with E-state index < -0.39 is 4.92 Å². The van der Waals surface area contributed by atoms with Crippen molar-refractivity contribution in [1.82, 2.24) is 5.16 Å². The summed E-state index contributed by atoms with van der Waals surface area (Å²) in [6.07, 6.45) is 0.352. The van der Waals surface area contributed by atoms with Crippen LogP contribution < -0.4 is 4.74 Å². The maximum atomic E-state index is 13.0. The Labute approximate surface area is 197 Å². The van der Waals surface area contributed by atoms with Gasteiger partial charge in [-0.2, -0.15) is 0 Å². The molecule has 0 aliphatic carbocycles. The highest BCUT2D eigenvalue weighted by atomic mass is 16.6. The zero-order valence-electron chi connectivity index (χ0n) is 18.7. The molecule has 3 aromatic carbocycles. The summed E-state index contributed by atoms with van der Waals surface area (Å²) in [6.45, 7) is 1.98. The molecule has 0 N–H and O–H groups in total. The monoisotopic (exact) mass is 456 g/mol. The molecule has 0 saturated carbocycles. The minimum Gasteiger partial charge on any atom is -0.489 e. The fourth-order valence-electron chi connectivity index (χ4n) is 3.85. The summed E-state index contributed by atoms with van der Waals surface area (Å²) in [7, 11) is 0. The quantitative estimate of drug-likeness (QED) is 0.163. The van der Waals surface area contributed by atoms with Crippen molar-refractivity contribution < 1.29 is 19.0 Å². The first-order valence-electron chi connectivity index (χ1n) is 11.0. The molecule has 4 rings (SSSR count). The summed E-state index contributed by atoms with van der Waals surface area (Å²) >= 11 is 0. The van der Waals surface area contributed by atoms with Gasteiger partial charge in [0.1, 0.15) is 12.4 Å². The SMILES string of the molecule is Cc1noc(C[C@H](CC(=O)c2ccccc2)c2ccc(OCc3ccccc3)cc2)c1[N+](=O)[O-]. The second-order valence-corrected chi connectivity index (χ2v) is 8.03. The van der Waals surface area contributed by atoms with Crippen LogP contribution in [-0.4, -0.2) is 15.9 Å². The lowest BCUT2D eigenvalue weighted by Gasteiger charge is -2.16. The number of nitro groups is 1. The van der Waals surface area contributed by atoms with Crippen molar-refractivity contribution in [2.45, 2.75) is 32.3 Å². The molecule has 0 aliphatic rings. The molecular weight excluding hydrogens is 432 g/mol. The van der Waals surface area contributed by atoms with Gasteiger partial charge in [-0.05, 0) is 36.1 Å². The molecule has 4 aromatic rings. The van der Waals surface area contributed by atoms with Crippen LogP contribution in [0.15, 0.2) is 89.5 Å². The maximum absolute atomic E-state index is 13.0. The summed E-state index contributed by atoms with van der Waals surface area (Å²) in [5, 5.41) is 15.3. The first-order chi connectivity index (χ1) is 16.5. The zero-order valence-corrected chi connectivity index (χ0v) is 18.7. The van der Waals surface area contributed by atoms with Gasteiger partial charge in [0.25, 0.3) is 0 Å². The van der Waals surface area contributed by atoms with E-state index in [1.807, 2.05) is 72.8 Å². The van der Waals surface area contributed by atoms with Gasteiger partial charge in [-0.1, -0.05) is 78.0 Å². The lowest BCUT2D eigenvalue weighted by Crippen LogP contribution is -2.11. The number of aryl methyl sites for hydroxylation is 1. The Kier molecular flexibility index (Phi) is 7.13. The number of hydrogen-bond acceptors (Lipinski definition) is 6. The van der Waals surface area contributed by atoms with Crippen LogP contribution in [0.5, 0.6) is 5.75 Å². The predicted octanol–water partition coefficient (Wildman–Crippen LogP) is 6.07. The predicted molar refractivity (Wildman–Crippen MR) is 127 cm³/mol. The molecule has 0 aliphatic heterocycles. The van der Waals surface area contributed by atoms with Crippen LogP contribution in [0.2, 0.25) is 0 Å². The van der Waals surface area contributed by atoms with Gasteiger partial charge < -0.3 is 9.26 Å². The molecule has 0 fully saturated rings. The first kappa shape index (κ1) is 22.9. The van der Waals surface area contributed by atoms with E-state index in [2.05, 4.69) is 5.16 Å². The number of nitrogens with zero attached hydrogens (tertiary/aromatic N) is 2. The van der Waals surface area contributed by atoms with Crippen molar-refractivity contribution in [2.75, 3.05) is 0 Å². The van der Waals surface area contributed by atoms with Gasteiger partial charge in [0.2, 0.25) is 5.76 Å². The van der Waals surface area contributed by atoms with Crippen molar-refractivity contribution in [2.24, 2.45) is 0 Å². The number of Topliss-reactive ketones (excluding diaryl/α,β-unsaturated/α-hetero) is 1. The molecule has 34 heavy (non-hydrogen) atoms. The number of ether oxygens (including phenoxy) is 1. The number of carbonyl (C=O) groups excluding carboxylic acids is 1. The molecule has 1 heterocycles. The third-order valence-corrected chi connectivity index (χ3v) is 5.64. The average Bonchev–Trinajstić information content (AvgIpc) is 3.24. The molecule has 7 heteroatoms. The molecule has 172 valence electrons. The molecule has 1 atom stereocenters. The van der Waals surface area contributed by atoms with Crippen LogP contribution in [0.1, 0.15) is 45.3 Å². The fourth-order valence-corrected chi connectivity index (χ4v) is 3.85. The molecular formula is C27H24N2O5. The number of hydrogen-bond donors (Lipinski definition) is 0. The number of benzene rings is 3. The molecule has 0 saturated heterocycles. The van der Waals surface area contributed by atoms with Crippen LogP contribution in [-0.2, 0) is 13.0 Å². The van der Waals surface area contributed by atoms with E-state index in [9.17, 15) is 14.9 Å². The largest absolute Gasteiger partial charge is 0.489 e. The highest BCUT2D eigenvalue weighted by molar-refractivity contribution is 5.96. The summed E-state index contributed by atoms with van der Waals surface area (Å²) < 4.78 is 11.1. The normalized spacial score (nSPS) is 11.7. The third kappa shape index (κ3) is 5.56. The second-order valence-electron chi connectivity index (χ2n) is 8.03. The van der Waals surface area contributed by atoms with E-state index in [-0.39, 0.29) is 41.7 Å². The average molecular weight is 456 g/mol. The van der Waals surface area contributed by atoms with Crippen LogP contribution in [0.3, 0.4) is 0 Å². The number of ketones is 1. The number of carbonyl (C=O) groups is 1. The Morgan fingerprint density at radius 2 is 1.65 bits per heavy atom. The zero-order chi connectivity index (χ0) is 23.9. The van der Waals surface area contributed by atoms with E-state index in [0.29, 0.717) is 17.9 Å². The minimum atomic E-state index is -0.488. The van der Waals surface area contributed by atoms with Crippen molar-refractivity contribution in [1.29, 1.82) is 0 Å². The van der Waals surface area contributed by atoms with Crippen molar-refractivity contribution in [3.8, 4) is 5.75 Å². The molecule has 7 nitrogen and oxygen atoms in total. The highest BCUT2D eigenvalue weighted by Crippen LogP contribution is 2.32. The highest BCUT2D eigenvalue weighted by Gasteiger charge is 2.28. The smallest absolute Gasteiger partial charge is 0.334 e.